The van der Waals surface area contributed by atoms with E-state index < -0.39 is 0 Å². The summed E-state index contributed by atoms with van der Waals surface area (Å²) in [6.07, 6.45) is 0. The van der Waals surface area contributed by atoms with E-state index in [0.29, 0.717) is 17.1 Å². The van der Waals surface area contributed by atoms with Crippen LogP contribution in [0.15, 0.2) is 33.5 Å². The van der Waals surface area contributed by atoms with E-state index in [1.54, 1.807) is 25.3 Å². The van der Waals surface area contributed by atoms with Gasteiger partial charge in [-0.2, -0.15) is 0 Å². The Labute approximate surface area is 127 Å². The molecule has 0 atom stereocenters. The molecule has 0 saturated heterocycles. The van der Waals surface area contributed by atoms with Crippen molar-refractivity contribution in [2.45, 2.75) is 0 Å². The summed E-state index contributed by atoms with van der Waals surface area (Å²) in [5.41, 5.74) is 0.106. The summed E-state index contributed by atoms with van der Waals surface area (Å²) in [5, 5.41) is 0.798. The quantitative estimate of drug-likeness (QED) is 0.408. The number of hydrogen-bond acceptors (Lipinski definition) is 4. The topological polar surface area (TPSA) is 48.7 Å². The fourth-order valence-corrected chi connectivity index (χ4v) is 1.39. The molecule has 1 heterocycles. The van der Waals surface area contributed by atoms with Crippen LogP contribution in [0.1, 0.15) is 0 Å². The van der Waals surface area contributed by atoms with Crippen molar-refractivity contribution in [3.63, 3.8) is 0 Å². The molecule has 2 rings (SSSR count). The fraction of sp³-hybridized carbons (Fsp3) is 0.182. The summed E-state index contributed by atoms with van der Waals surface area (Å²) >= 11 is 0. The van der Waals surface area contributed by atoms with Crippen LogP contribution < -0.4 is 57.1 Å². The van der Waals surface area contributed by atoms with Gasteiger partial charge in [-0.1, -0.05) is 0 Å². The zero-order chi connectivity index (χ0) is 10.8. The number of halogens is 1. The van der Waals surface area contributed by atoms with E-state index in [1.807, 2.05) is 0 Å². The summed E-state index contributed by atoms with van der Waals surface area (Å²) in [6, 6.07) is 6.45. The Morgan fingerprint density at radius 3 is 2.24 bits per heavy atom. The Kier molecular flexibility index (Phi) is 6.64. The maximum Gasteiger partial charge on any atom is 1.00 e. The monoisotopic (exact) mass is 264 g/mol. The second-order valence-corrected chi connectivity index (χ2v) is 3.00. The van der Waals surface area contributed by atoms with Crippen molar-refractivity contribution >= 4 is 11.0 Å². The van der Waals surface area contributed by atoms with Crippen LogP contribution in [-0.4, -0.2) is 14.2 Å². The van der Waals surface area contributed by atoms with E-state index >= 15 is 0 Å². The second-order valence-electron chi connectivity index (χ2n) is 3.00. The third-order valence-corrected chi connectivity index (χ3v) is 2.13. The molecule has 0 aliphatic carbocycles. The van der Waals surface area contributed by atoms with Gasteiger partial charge in [0, 0.05) is 17.5 Å². The zero-order valence-electron chi connectivity index (χ0n) is 9.82. The molecule has 0 saturated carbocycles. The van der Waals surface area contributed by atoms with Crippen LogP contribution in [0.5, 0.6) is 11.5 Å². The molecule has 0 fully saturated rings. The third kappa shape index (κ3) is 3.39. The van der Waals surface area contributed by atoms with Crippen LogP contribution in [0.25, 0.3) is 11.0 Å². The molecule has 1 aromatic heterocycles. The molecule has 4 nitrogen and oxygen atoms in total. The molecular formula is C11H10ClNaO4. The number of methoxy groups -OCH3 is 2. The zero-order valence-corrected chi connectivity index (χ0v) is 12.6. The minimum Gasteiger partial charge on any atom is -1.00 e. The molecule has 0 aliphatic rings. The van der Waals surface area contributed by atoms with E-state index in [-0.39, 0.29) is 47.6 Å². The molecule has 0 unspecified atom stereocenters. The summed E-state index contributed by atoms with van der Waals surface area (Å²) in [4.78, 5) is 11.0. The molecule has 0 bridgehead atoms. The Hall–Kier alpha value is -0.680. The number of ether oxygens (including phenoxy) is 2. The van der Waals surface area contributed by atoms with Gasteiger partial charge in [-0.15, -0.1) is 0 Å². The van der Waals surface area contributed by atoms with Crippen LogP contribution in [0, 0.1) is 0 Å². The van der Waals surface area contributed by atoms with E-state index in [1.165, 1.54) is 13.2 Å². The van der Waals surface area contributed by atoms with Gasteiger partial charge in [0.15, 0.2) is 11.5 Å². The van der Waals surface area contributed by atoms with E-state index in [9.17, 15) is 4.79 Å². The van der Waals surface area contributed by atoms with Crippen molar-refractivity contribution < 1.29 is 55.9 Å². The van der Waals surface area contributed by atoms with Gasteiger partial charge in [0.25, 0.3) is 0 Å². The Bertz CT molecular complexity index is 553. The smallest absolute Gasteiger partial charge is 1.00 e. The Morgan fingerprint density at radius 1 is 1.06 bits per heavy atom. The molecule has 0 spiro atoms. The SMILES string of the molecule is COc1cc2ccc(=O)oc2cc1OC.[Cl-].[Na+]. The van der Waals surface area contributed by atoms with Crippen LogP contribution in [0.2, 0.25) is 0 Å². The van der Waals surface area contributed by atoms with Gasteiger partial charge in [-0.05, 0) is 12.1 Å². The standard InChI is InChI=1S/C11H10O4.ClH.Na/c1-13-9-5-7-3-4-11(12)15-8(7)6-10(9)14-2;;/h3-6H,1-2H3;1H;/q;;+1/p-1. The molecule has 1 aromatic carbocycles. The number of benzene rings is 1. The average molecular weight is 265 g/mol. The number of rotatable bonds is 2. The first-order chi connectivity index (χ1) is 7.24. The largest absolute Gasteiger partial charge is 1.00 e. The Morgan fingerprint density at radius 2 is 1.65 bits per heavy atom. The van der Waals surface area contributed by atoms with Gasteiger partial charge in [0.05, 0.1) is 14.2 Å². The average Bonchev–Trinajstić information content (AvgIpc) is 2.27. The van der Waals surface area contributed by atoms with Crippen molar-refractivity contribution in [3.8, 4) is 11.5 Å². The van der Waals surface area contributed by atoms with Gasteiger partial charge in [0.2, 0.25) is 0 Å². The molecule has 0 amide bonds. The summed E-state index contributed by atoms with van der Waals surface area (Å²) < 4.78 is 15.2. The van der Waals surface area contributed by atoms with E-state index in [2.05, 4.69) is 0 Å². The van der Waals surface area contributed by atoms with Crippen LogP contribution in [-0.2, 0) is 0 Å². The molecule has 0 aliphatic heterocycles. The van der Waals surface area contributed by atoms with Crippen molar-refractivity contribution in [2.75, 3.05) is 14.2 Å². The van der Waals surface area contributed by atoms with Gasteiger partial charge in [-0.3, -0.25) is 0 Å². The molecule has 0 N–H and O–H groups in total. The normalized spacial score (nSPS) is 9.06. The van der Waals surface area contributed by atoms with Crippen molar-refractivity contribution in [3.05, 3.63) is 34.7 Å². The molecule has 6 heteroatoms. The third-order valence-electron chi connectivity index (χ3n) is 2.13. The molecule has 2 aromatic rings. The summed E-state index contributed by atoms with van der Waals surface area (Å²) in [6.45, 7) is 0. The maximum atomic E-state index is 11.0. The van der Waals surface area contributed by atoms with Crippen molar-refractivity contribution in [1.29, 1.82) is 0 Å². The Balaban J connectivity index is 0.00000128. The van der Waals surface area contributed by atoms with Gasteiger partial charge < -0.3 is 26.3 Å². The van der Waals surface area contributed by atoms with Gasteiger partial charge >= 0.3 is 35.2 Å². The minimum atomic E-state index is -0.380. The van der Waals surface area contributed by atoms with E-state index in [4.69, 9.17) is 13.9 Å². The maximum absolute atomic E-state index is 11.0. The van der Waals surface area contributed by atoms with Crippen LogP contribution in [0.4, 0.5) is 0 Å². The first-order valence-electron chi connectivity index (χ1n) is 4.40. The molecular weight excluding hydrogens is 255 g/mol. The molecule has 17 heavy (non-hydrogen) atoms. The summed E-state index contributed by atoms with van der Waals surface area (Å²) in [5.74, 6) is 1.15. The molecule has 0 radical (unpaired) electrons. The number of hydrogen-bond donors (Lipinski definition) is 0. The van der Waals surface area contributed by atoms with Crippen molar-refractivity contribution in [2.24, 2.45) is 0 Å². The van der Waals surface area contributed by atoms with Crippen LogP contribution >= 0.6 is 0 Å². The second kappa shape index (κ2) is 6.91. The summed E-state index contributed by atoms with van der Waals surface area (Å²) in [7, 11) is 3.09. The first kappa shape index (κ1) is 16.3. The number of fused-ring (bicyclic) bond motifs is 1. The predicted molar refractivity (Wildman–Crippen MR) is 55.6 cm³/mol. The predicted octanol–water partition coefficient (Wildman–Crippen LogP) is -4.18. The van der Waals surface area contributed by atoms with Crippen molar-refractivity contribution in [1.82, 2.24) is 0 Å². The minimum absolute atomic E-state index is 0. The van der Waals surface area contributed by atoms with Crippen LogP contribution in [0.3, 0.4) is 0 Å². The van der Waals surface area contributed by atoms with Gasteiger partial charge in [-0.25, -0.2) is 4.79 Å². The fourth-order valence-electron chi connectivity index (χ4n) is 1.39. The van der Waals surface area contributed by atoms with E-state index in [0.717, 1.165) is 5.39 Å². The van der Waals surface area contributed by atoms with Gasteiger partial charge in [0.1, 0.15) is 5.58 Å². The molecule has 86 valence electrons. The first-order valence-corrected chi connectivity index (χ1v) is 4.40.